The van der Waals surface area contributed by atoms with E-state index in [1.165, 1.54) is 0 Å². The summed E-state index contributed by atoms with van der Waals surface area (Å²) < 4.78 is 0. The van der Waals surface area contributed by atoms with Gasteiger partial charge in [0.05, 0.1) is 0 Å². The molecule has 1 unspecified atom stereocenters. The molecule has 0 aromatic rings. The Morgan fingerprint density at radius 3 is 2.11 bits per heavy atom. The molecule has 0 bridgehead atoms. The summed E-state index contributed by atoms with van der Waals surface area (Å²) in [6, 6.07) is 0. The van der Waals surface area contributed by atoms with Crippen molar-refractivity contribution in [2.24, 2.45) is 16.7 Å². The fourth-order valence-electron chi connectivity index (χ4n) is 2.05. The Morgan fingerprint density at radius 1 is 1.42 bits per heavy atom. The predicted octanol–water partition coefficient (Wildman–Crippen LogP) is 2.79. The average Bonchev–Trinajstić information content (AvgIpc) is 2.40. The van der Waals surface area contributed by atoms with Crippen LogP contribution in [0.15, 0.2) is 0 Å². The first-order valence-electron chi connectivity index (χ1n) is 6.39. The fraction of sp³-hybridized carbons (Fsp3) is 0.857. The third-order valence-corrected chi connectivity index (χ3v) is 3.46. The molecule has 1 aliphatic rings. The van der Waals surface area contributed by atoms with E-state index >= 15 is 0 Å². The number of carboxylic acid groups (broad SMARTS) is 1. The number of hydrogen-bond acceptors (Lipinski definition) is 3. The molecule has 0 aliphatic carbocycles. The Bertz CT molecular complexity index is 296. The van der Waals surface area contributed by atoms with E-state index in [2.05, 4.69) is 41.5 Å². The van der Waals surface area contributed by atoms with Crippen LogP contribution in [0.3, 0.4) is 0 Å². The van der Waals surface area contributed by atoms with E-state index in [4.69, 9.17) is 9.90 Å². The number of carbonyl (C=O) groups excluding carboxylic acids is 1. The summed E-state index contributed by atoms with van der Waals surface area (Å²) in [5.74, 6) is 0.932. The molecule has 1 heterocycles. The minimum Gasteiger partial charge on any atom is -0.483 e. The Morgan fingerprint density at radius 2 is 1.84 bits per heavy atom. The minimum absolute atomic E-state index is 0. The monoisotopic (exact) mass is 274 g/mol. The third-order valence-electron chi connectivity index (χ3n) is 3.46. The Labute approximate surface area is 116 Å². The summed E-state index contributed by atoms with van der Waals surface area (Å²) in [6.07, 6.45) is 0.662. The van der Waals surface area contributed by atoms with E-state index in [-0.39, 0.29) is 23.5 Å². The van der Waals surface area contributed by atoms with Gasteiger partial charge in [0.25, 0.3) is 6.47 Å². The zero-order valence-corrected chi connectivity index (χ0v) is 13.2. The lowest BCUT2D eigenvalue weighted by Gasteiger charge is -2.24. The summed E-state index contributed by atoms with van der Waals surface area (Å²) in [5.41, 5.74) is 0.389. The van der Waals surface area contributed by atoms with E-state index in [0.29, 0.717) is 18.2 Å². The molecule has 0 spiro atoms. The SMILES string of the molecule is CC1CN(C(=O)CC(C)(C)C)CC1(C)C.N.O=CO. The van der Waals surface area contributed by atoms with Gasteiger partial charge in [-0.15, -0.1) is 0 Å². The number of amides is 1. The highest BCUT2D eigenvalue weighted by Crippen LogP contribution is 2.35. The molecular formula is C14H30N2O3. The van der Waals surface area contributed by atoms with Crippen LogP contribution in [-0.2, 0) is 9.59 Å². The second-order valence-corrected chi connectivity index (χ2v) is 7.01. The highest BCUT2D eigenvalue weighted by Gasteiger charge is 2.38. The molecule has 4 N–H and O–H groups in total. The van der Waals surface area contributed by atoms with Gasteiger partial charge < -0.3 is 16.2 Å². The van der Waals surface area contributed by atoms with Crippen LogP contribution in [0.2, 0.25) is 0 Å². The molecular weight excluding hydrogens is 244 g/mol. The van der Waals surface area contributed by atoms with Crippen LogP contribution < -0.4 is 6.15 Å². The molecule has 0 aromatic heterocycles. The highest BCUT2D eigenvalue weighted by atomic mass is 16.3. The van der Waals surface area contributed by atoms with E-state index in [9.17, 15) is 4.79 Å². The first kappa shape index (κ1) is 20.2. The first-order chi connectivity index (χ1) is 8.03. The van der Waals surface area contributed by atoms with Gasteiger partial charge in [0, 0.05) is 19.5 Å². The lowest BCUT2D eigenvalue weighted by molar-refractivity contribution is -0.132. The van der Waals surface area contributed by atoms with Crippen molar-refractivity contribution in [3.05, 3.63) is 0 Å². The normalized spacial score (nSPS) is 20.9. The maximum absolute atomic E-state index is 12.0. The van der Waals surface area contributed by atoms with E-state index < -0.39 is 0 Å². The fourth-order valence-corrected chi connectivity index (χ4v) is 2.05. The zero-order chi connectivity index (χ0) is 14.6. The number of likely N-dealkylation sites (tertiary alicyclic amines) is 1. The molecule has 5 nitrogen and oxygen atoms in total. The molecule has 5 heteroatoms. The van der Waals surface area contributed by atoms with Crippen molar-refractivity contribution >= 4 is 12.4 Å². The van der Waals surface area contributed by atoms with Crippen molar-refractivity contribution in [3.63, 3.8) is 0 Å². The molecule has 1 fully saturated rings. The van der Waals surface area contributed by atoms with E-state index in [0.717, 1.165) is 13.1 Å². The topological polar surface area (TPSA) is 92.6 Å². The molecule has 1 aliphatic heterocycles. The van der Waals surface area contributed by atoms with Gasteiger partial charge in [-0.1, -0.05) is 41.5 Å². The summed E-state index contributed by atoms with van der Waals surface area (Å²) in [5, 5.41) is 6.89. The molecule has 1 amide bonds. The van der Waals surface area contributed by atoms with Gasteiger partial charge in [0.2, 0.25) is 5.91 Å². The van der Waals surface area contributed by atoms with Crippen LogP contribution in [0, 0.1) is 16.7 Å². The number of rotatable bonds is 1. The largest absolute Gasteiger partial charge is 0.483 e. The zero-order valence-electron chi connectivity index (χ0n) is 13.2. The molecule has 19 heavy (non-hydrogen) atoms. The third kappa shape index (κ3) is 7.15. The lowest BCUT2D eigenvalue weighted by Crippen LogP contribution is -2.32. The predicted molar refractivity (Wildman–Crippen MR) is 77.3 cm³/mol. The average molecular weight is 274 g/mol. The van der Waals surface area contributed by atoms with Gasteiger partial charge in [-0.2, -0.15) is 0 Å². The number of carbonyl (C=O) groups is 2. The van der Waals surface area contributed by atoms with Gasteiger partial charge >= 0.3 is 0 Å². The maximum atomic E-state index is 12.0. The first-order valence-corrected chi connectivity index (χ1v) is 6.39. The van der Waals surface area contributed by atoms with Gasteiger partial charge in [-0.05, 0) is 16.7 Å². The highest BCUT2D eigenvalue weighted by molar-refractivity contribution is 5.77. The summed E-state index contributed by atoms with van der Waals surface area (Å²) >= 11 is 0. The van der Waals surface area contributed by atoms with Gasteiger partial charge in [-0.25, -0.2) is 0 Å². The summed E-state index contributed by atoms with van der Waals surface area (Å²) in [6.45, 7) is 14.7. The van der Waals surface area contributed by atoms with Crippen LogP contribution in [0.25, 0.3) is 0 Å². The van der Waals surface area contributed by atoms with Gasteiger partial charge in [-0.3, -0.25) is 9.59 Å². The second kappa shape index (κ2) is 7.48. The number of hydrogen-bond donors (Lipinski definition) is 2. The Kier molecular flexibility index (Phi) is 7.96. The lowest BCUT2D eigenvalue weighted by atomic mass is 9.84. The molecule has 1 atom stereocenters. The van der Waals surface area contributed by atoms with Crippen molar-refractivity contribution in [3.8, 4) is 0 Å². The maximum Gasteiger partial charge on any atom is 0.290 e. The molecule has 1 rings (SSSR count). The molecule has 1 saturated heterocycles. The van der Waals surface area contributed by atoms with Crippen molar-refractivity contribution in [2.75, 3.05) is 13.1 Å². The Balaban J connectivity index is 0. The minimum atomic E-state index is -0.250. The van der Waals surface area contributed by atoms with Crippen LogP contribution in [0.1, 0.15) is 48.0 Å². The smallest absolute Gasteiger partial charge is 0.290 e. The molecule has 0 radical (unpaired) electrons. The Hall–Kier alpha value is -1.10. The van der Waals surface area contributed by atoms with Crippen molar-refractivity contribution in [1.29, 1.82) is 0 Å². The van der Waals surface area contributed by atoms with Gasteiger partial charge in [0.15, 0.2) is 0 Å². The summed E-state index contributed by atoms with van der Waals surface area (Å²) in [4.78, 5) is 22.4. The van der Waals surface area contributed by atoms with Gasteiger partial charge in [0.1, 0.15) is 0 Å². The molecule has 0 saturated carbocycles. The van der Waals surface area contributed by atoms with Crippen LogP contribution >= 0.6 is 0 Å². The molecule has 114 valence electrons. The standard InChI is InChI=1S/C13H25NO.CH2O2.H3N/c1-10-8-14(9-13(10,5)6)11(15)7-12(2,3)4;2-1-3;/h10H,7-9H2,1-6H3;1H,(H,2,3);1H3. The molecule has 0 aromatic carbocycles. The second-order valence-electron chi connectivity index (χ2n) is 7.01. The van der Waals surface area contributed by atoms with Crippen LogP contribution in [-0.4, -0.2) is 35.5 Å². The van der Waals surface area contributed by atoms with Crippen molar-refractivity contribution in [2.45, 2.75) is 48.0 Å². The number of nitrogens with zero attached hydrogens (tertiary/aromatic N) is 1. The summed E-state index contributed by atoms with van der Waals surface area (Å²) in [7, 11) is 0. The van der Waals surface area contributed by atoms with Crippen LogP contribution in [0.5, 0.6) is 0 Å². The van der Waals surface area contributed by atoms with Crippen LogP contribution in [0.4, 0.5) is 0 Å². The van der Waals surface area contributed by atoms with Crippen molar-refractivity contribution in [1.82, 2.24) is 11.1 Å². The van der Waals surface area contributed by atoms with E-state index in [1.54, 1.807) is 0 Å². The van der Waals surface area contributed by atoms with Crippen molar-refractivity contribution < 1.29 is 14.7 Å². The van der Waals surface area contributed by atoms with E-state index in [1.807, 2.05) is 4.90 Å². The quantitative estimate of drug-likeness (QED) is 0.719.